The van der Waals surface area contributed by atoms with E-state index in [2.05, 4.69) is 22.0 Å². The molecule has 6 nitrogen and oxygen atoms in total. The second-order valence-corrected chi connectivity index (χ2v) is 9.50. The highest BCUT2D eigenvalue weighted by Gasteiger charge is 2.10. The molecule has 0 aliphatic rings. The molecule has 0 aliphatic heterocycles. The van der Waals surface area contributed by atoms with Crippen molar-refractivity contribution in [3.05, 3.63) is 98.9 Å². The Bertz CT molecular complexity index is 1250. The molecule has 3 amide bonds. The summed E-state index contributed by atoms with van der Waals surface area (Å²) in [6, 6.07) is 21.4. The summed E-state index contributed by atoms with van der Waals surface area (Å²) in [6.45, 7) is 0. The quantitative estimate of drug-likeness (QED) is 0.259. The highest BCUT2D eigenvalue weighted by Crippen LogP contribution is 2.18. The van der Waals surface area contributed by atoms with E-state index in [1.165, 1.54) is 16.2 Å². The minimum Gasteiger partial charge on any atom is -0.326 e. The number of benzene rings is 2. The van der Waals surface area contributed by atoms with Crippen LogP contribution in [0, 0.1) is 0 Å². The van der Waals surface area contributed by atoms with E-state index < -0.39 is 0 Å². The summed E-state index contributed by atoms with van der Waals surface area (Å²) in [5.41, 5.74) is 2.26. The predicted molar refractivity (Wildman–Crippen MR) is 139 cm³/mol. The smallest absolute Gasteiger partial charge is 0.265 e. The Balaban J connectivity index is 1.28. The molecule has 0 saturated carbocycles. The number of anilines is 3. The molecule has 4 aromatic rings. The molecule has 0 spiro atoms. The van der Waals surface area contributed by atoms with Crippen LogP contribution in [-0.2, 0) is 11.2 Å². The number of thiophene rings is 2. The second-order valence-electron chi connectivity index (χ2n) is 7.52. The lowest BCUT2D eigenvalue weighted by atomic mass is 10.1. The fourth-order valence-electron chi connectivity index (χ4n) is 3.28. The molecule has 34 heavy (non-hydrogen) atoms. The lowest BCUT2D eigenvalue weighted by molar-refractivity contribution is -0.116. The van der Waals surface area contributed by atoms with Crippen LogP contribution in [0.2, 0.25) is 0 Å². The van der Waals surface area contributed by atoms with E-state index in [0.717, 1.165) is 12.8 Å². The van der Waals surface area contributed by atoms with Crippen LogP contribution in [0.4, 0.5) is 17.1 Å². The number of hydrogen-bond acceptors (Lipinski definition) is 5. The minimum atomic E-state index is -0.288. The molecule has 4 rings (SSSR count). The van der Waals surface area contributed by atoms with Gasteiger partial charge in [-0.3, -0.25) is 14.4 Å². The summed E-state index contributed by atoms with van der Waals surface area (Å²) < 4.78 is 0. The van der Waals surface area contributed by atoms with Gasteiger partial charge in [-0.1, -0.05) is 18.2 Å². The summed E-state index contributed by atoms with van der Waals surface area (Å²) in [7, 11) is 0. The zero-order valence-corrected chi connectivity index (χ0v) is 19.9. The van der Waals surface area contributed by atoms with Gasteiger partial charge in [0.25, 0.3) is 11.8 Å². The highest BCUT2D eigenvalue weighted by atomic mass is 32.1. The van der Waals surface area contributed by atoms with E-state index in [1.54, 1.807) is 65.9 Å². The third kappa shape index (κ3) is 6.63. The lowest BCUT2D eigenvalue weighted by Gasteiger charge is -2.09. The molecule has 172 valence electrons. The SMILES string of the molecule is O=C(CCCc1cccs1)Nc1cccc(C(=O)Nc2ccc(NC(=O)c3cccs3)cc2)c1. The molecule has 0 atom stereocenters. The molecule has 0 unspecified atom stereocenters. The van der Waals surface area contributed by atoms with Gasteiger partial charge in [0, 0.05) is 33.9 Å². The fraction of sp³-hybridized carbons (Fsp3) is 0.115. The molecule has 2 aromatic carbocycles. The molecule has 0 aliphatic carbocycles. The van der Waals surface area contributed by atoms with Crippen molar-refractivity contribution in [2.45, 2.75) is 19.3 Å². The first-order chi connectivity index (χ1) is 16.6. The first-order valence-corrected chi connectivity index (χ1v) is 12.5. The standard InChI is InChI=1S/C26H23N3O3S2/c30-24(10-2-7-22-8-3-15-33-22)27-21-6-1-5-18(17-21)25(31)28-19-11-13-20(14-12-19)29-26(32)23-9-4-16-34-23/h1,3-6,8-9,11-17H,2,7,10H2,(H,27,30)(H,28,31)(H,29,32). The Hall–Kier alpha value is -3.75. The molecule has 0 radical (unpaired) electrons. The van der Waals surface area contributed by atoms with Crippen LogP contribution < -0.4 is 16.0 Å². The van der Waals surface area contributed by atoms with Crippen LogP contribution in [-0.4, -0.2) is 17.7 Å². The number of aryl methyl sites for hydroxylation is 1. The predicted octanol–water partition coefficient (Wildman–Crippen LogP) is 6.28. The van der Waals surface area contributed by atoms with Gasteiger partial charge in [0.1, 0.15) is 0 Å². The molecule has 2 aromatic heterocycles. The van der Waals surface area contributed by atoms with Gasteiger partial charge in [-0.05, 0) is 78.2 Å². The van der Waals surface area contributed by atoms with Gasteiger partial charge in [0.15, 0.2) is 0 Å². The zero-order valence-electron chi connectivity index (χ0n) is 18.2. The maximum atomic E-state index is 12.7. The van der Waals surface area contributed by atoms with Crippen molar-refractivity contribution >= 4 is 57.5 Å². The van der Waals surface area contributed by atoms with Crippen molar-refractivity contribution in [3.63, 3.8) is 0 Å². The Morgan fingerprint density at radius 1 is 0.676 bits per heavy atom. The summed E-state index contributed by atoms with van der Waals surface area (Å²) in [4.78, 5) is 39.0. The van der Waals surface area contributed by atoms with Gasteiger partial charge >= 0.3 is 0 Å². The first kappa shape index (κ1) is 23.4. The zero-order chi connectivity index (χ0) is 23.8. The van der Waals surface area contributed by atoms with E-state index in [9.17, 15) is 14.4 Å². The Morgan fingerprint density at radius 2 is 1.38 bits per heavy atom. The van der Waals surface area contributed by atoms with Gasteiger partial charge in [-0.25, -0.2) is 0 Å². The molecule has 3 N–H and O–H groups in total. The molecular weight excluding hydrogens is 466 g/mol. The molecular formula is C26H23N3O3S2. The summed E-state index contributed by atoms with van der Waals surface area (Å²) in [5, 5.41) is 12.4. The molecule has 0 saturated heterocycles. The van der Waals surface area contributed by atoms with Crippen LogP contribution >= 0.6 is 22.7 Å². The number of nitrogens with one attached hydrogen (secondary N) is 3. The van der Waals surface area contributed by atoms with Crippen molar-refractivity contribution in [3.8, 4) is 0 Å². The Kier molecular flexibility index (Phi) is 7.85. The van der Waals surface area contributed by atoms with Crippen molar-refractivity contribution in [2.24, 2.45) is 0 Å². The fourth-order valence-corrected chi connectivity index (χ4v) is 4.65. The minimum absolute atomic E-state index is 0.0747. The van der Waals surface area contributed by atoms with Gasteiger partial charge < -0.3 is 16.0 Å². The topological polar surface area (TPSA) is 87.3 Å². The third-order valence-corrected chi connectivity index (χ3v) is 6.77. The summed E-state index contributed by atoms with van der Waals surface area (Å²) >= 11 is 3.07. The Labute approximate surface area is 205 Å². The van der Waals surface area contributed by atoms with Gasteiger partial charge in [-0.2, -0.15) is 0 Å². The van der Waals surface area contributed by atoms with E-state index >= 15 is 0 Å². The van der Waals surface area contributed by atoms with Crippen molar-refractivity contribution < 1.29 is 14.4 Å². The number of carbonyl (C=O) groups excluding carboxylic acids is 3. The first-order valence-electron chi connectivity index (χ1n) is 10.8. The monoisotopic (exact) mass is 489 g/mol. The van der Waals surface area contributed by atoms with Crippen LogP contribution in [0.3, 0.4) is 0 Å². The molecule has 2 heterocycles. The third-order valence-electron chi connectivity index (χ3n) is 4.96. The van der Waals surface area contributed by atoms with Crippen LogP contribution in [0.15, 0.2) is 83.6 Å². The van der Waals surface area contributed by atoms with E-state index in [0.29, 0.717) is 33.9 Å². The maximum absolute atomic E-state index is 12.7. The molecule has 8 heteroatoms. The highest BCUT2D eigenvalue weighted by molar-refractivity contribution is 7.12. The number of carbonyl (C=O) groups is 3. The van der Waals surface area contributed by atoms with Gasteiger partial charge in [-0.15, -0.1) is 22.7 Å². The van der Waals surface area contributed by atoms with E-state index in [4.69, 9.17) is 0 Å². The second kappa shape index (κ2) is 11.4. The van der Waals surface area contributed by atoms with E-state index in [-0.39, 0.29) is 17.7 Å². The average molecular weight is 490 g/mol. The normalized spacial score (nSPS) is 10.5. The maximum Gasteiger partial charge on any atom is 0.265 e. The van der Waals surface area contributed by atoms with Crippen molar-refractivity contribution in [2.75, 3.05) is 16.0 Å². The molecule has 0 fully saturated rings. The Morgan fingerprint density at radius 3 is 2.06 bits per heavy atom. The van der Waals surface area contributed by atoms with Gasteiger partial charge in [0.2, 0.25) is 5.91 Å². The average Bonchev–Trinajstić information content (AvgIpc) is 3.55. The number of hydrogen-bond donors (Lipinski definition) is 3. The number of amides is 3. The number of rotatable bonds is 9. The molecule has 0 bridgehead atoms. The van der Waals surface area contributed by atoms with E-state index in [1.807, 2.05) is 22.9 Å². The van der Waals surface area contributed by atoms with Crippen LogP contribution in [0.1, 0.15) is 37.7 Å². The van der Waals surface area contributed by atoms with Crippen LogP contribution in [0.5, 0.6) is 0 Å². The van der Waals surface area contributed by atoms with Crippen LogP contribution in [0.25, 0.3) is 0 Å². The summed E-state index contributed by atoms with van der Waals surface area (Å²) in [5.74, 6) is -0.532. The lowest BCUT2D eigenvalue weighted by Crippen LogP contribution is -2.14. The summed E-state index contributed by atoms with van der Waals surface area (Å²) in [6.07, 6.45) is 2.07. The van der Waals surface area contributed by atoms with Gasteiger partial charge in [0.05, 0.1) is 4.88 Å². The van der Waals surface area contributed by atoms with Crippen molar-refractivity contribution in [1.29, 1.82) is 0 Å². The largest absolute Gasteiger partial charge is 0.326 e. The van der Waals surface area contributed by atoms with Crippen molar-refractivity contribution in [1.82, 2.24) is 0 Å².